The van der Waals surface area contributed by atoms with Crippen molar-refractivity contribution < 1.29 is 29.3 Å². The molecule has 2 aliphatic rings. The van der Waals surface area contributed by atoms with Crippen molar-refractivity contribution in [3.63, 3.8) is 0 Å². The summed E-state index contributed by atoms with van der Waals surface area (Å²) in [6, 6.07) is 19.9. The highest BCUT2D eigenvalue weighted by Gasteiger charge is 2.62. The molecule has 50 heavy (non-hydrogen) atoms. The first-order chi connectivity index (χ1) is 23.7. The number of aromatic carboxylic acids is 2. The van der Waals surface area contributed by atoms with Crippen molar-refractivity contribution in [3.05, 3.63) is 117 Å². The van der Waals surface area contributed by atoms with Gasteiger partial charge in [-0.15, -0.1) is 0 Å². The number of anilines is 2. The lowest BCUT2D eigenvalue weighted by Gasteiger charge is -2.40. The number of nitrogens with one attached hydrogen (secondary N) is 2. The number of amides is 1. The van der Waals surface area contributed by atoms with Crippen LogP contribution in [0.1, 0.15) is 70.6 Å². The summed E-state index contributed by atoms with van der Waals surface area (Å²) in [5.41, 5.74) is 2.98. The normalized spacial score (nSPS) is 21.2. The molecular weight excluding hydrogens is 679 g/mol. The number of hydrogen-bond acceptors (Lipinski definition) is 7. The first-order valence-corrected chi connectivity index (χ1v) is 16.9. The van der Waals surface area contributed by atoms with E-state index in [4.69, 9.17) is 27.9 Å². The van der Waals surface area contributed by atoms with E-state index >= 15 is 0 Å². The summed E-state index contributed by atoms with van der Waals surface area (Å²) >= 11 is 13.8. The molecule has 1 fully saturated rings. The molecule has 4 atom stereocenters. The van der Waals surface area contributed by atoms with Crippen LogP contribution in [0.15, 0.2) is 79.0 Å². The Labute approximate surface area is 300 Å². The van der Waals surface area contributed by atoms with Gasteiger partial charge in [0.15, 0.2) is 0 Å². The van der Waals surface area contributed by atoms with Crippen molar-refractivity contribution in [2.75, 3.05) is 23.9 Å². The zero-order valence-corrected chi connectivity index (χ0v) is 29.5. The number of benzene rings is 3. The minimum atomic E-state index is -1.11. The van der Waals surface area contributed by atoms with Gasteiger partial charge in [0, 0.05) is 45.8 Å². The second kappa shape index (κ2) is 13.6. The predicted molar refractivity (Wildman–Crippen MR) is 193 cm³/mol. The molecule has 4 aromatic rings. The summed E-state index contributed by atoms with van der Waals surface area (Å²) in [5.74, 6) is -2.76. The fourth-order valence-electron chi connectivity index (χ4n) is 7.57. The molecule has 3 aromatic carbocycles. The third-order valence-electron chi connectivity index (χ3n) is 9.61. The second-order valence-corrected chi connectivity index (χ2v) is 14.9. The predicted octanol–water partition coefficient (Wildman–Crippen LogP) is 7.25. The molecule has 0 bridgehead atoms. The van der Waals surface area contributed by atoms with Gasteiger partial charge in [0.1, 0.15) is 5.75 Å². The van der Waals surface area contributed by atoms with Crippen molar-refractivity contribution in [2.24, 2.45) is 5.41 Å². The molecular formula is C38H38Cl2N4O6. The first kappa shape index (κ1) is 35.2. The van der Waals surface area contributed by atoms with Crippen molar-refractivity contribution in [1.29, 1.82) is 0 Å². The Kier molecular flexibility index (Phi) is 9.56. The van der Waals surface area contributed by atoms with Gasteiger partial charge >= 0.3 is 11.9 Å². The minimum absolute atomic E-state index is 0.0311. The summed E-state index contributed by atoms with van der Waals surface area (Å²) in [6.45, 7) is 7.35. The Morgan fingerprint density at radius 3 is 2.36 bits per heavy atom. The lowest BCUT2D eigenvalue weighted by molar-refractivity contribution is -0.118. The van der Waals surface area contributed by atoms with Gasteiger partial charge in [-0.25, -0.2) is 9.59 Å². The van der Waals surface area contributed by atoms with Crippen molar-refractivity contribution in [2.45, 2.75) is 57.2 Å². The molecule has 12 heteroatoms. The molecule has 0 radical (unpaired) electrons. The van der Waals surface area contributed by atoms with Gasteiger partial charge < -0.3 is 30.5 Å². The quantitative estimate of drug-likeness (QED) is 0.141. The molecule has 2 aliphatic heterocycles. The van der Waals surface area contributed by atoms with E-state index in [1.807, 2.05) is 42.5 Å². The maximum absolute atomic E-state index is 14.6. The number of pyridine rings is 1. The molecule has 0 aliphatic carbocycles. The highest BCUT2D eigenvalue weighted by molar-refractivity contribution is 6.31. The van der Waals surface area contributed by atoms with Gasteiger partial charge in [-0.3, -0.25) is 9.78 Å². The number of nitrogens with zero attached hydrogens (tertiary/aromatic N) is 2. The average Bonchev–Trinajstić information content (AvgIpc) is 3.54. The molecule has 1 spiro atoms. The number of carbonyl (C=O) groups is 3. The number of aromatic nitrogens is 1. The van der Waals surface area contributed by atoms with Gasteiger partial charge in [0.25, 0.3) is 0 Å². The molecule has 1 saturated heterocycles. The number of halogens is 2. The summed E-state index contributed by atoms with van der Waals surface area (Å²) < 4.78 is 5.48. The summed E-state index contributed by atoms with van der Waals surface area (Å²) in [6.07, 6.45) is 2.05. The van der Waals surface area contributed by atoms with E-state index in [9.17, 15) is 24.6 Å². The van der Waals surface area contributed by atoms with Crippen LogP contribution >= 0.6 is 23.2 Å². The maximum atomic E-state index is 14.6. The smallest absolute Gasteiger partial charge is 0.337 e. The minimum Gasteiger partial charge on any atom is -0.495 e. The molecule has 1 amide bonds. The van der Waals surface area contributed by atoms with Crippen LogP contribution in [-0.2, 0) is 16.8 Å². The number of rotatable bonds is 9. The average molecular weight is 718 g/mol. The van der Waals surface area contributed by atoms with Gasteiger partial charge in [-0.1, -0.05) is 62.2 Å². The molecule has 1 aromatic heterocycles. The van der Waals surface area contributed by atoms with Gasteiger partial charge in [-0.2, -0.15) is 0 Å². The third-order valence-corrected chi connectivity index (χ3v) is 10.2. The van der Waals surface area contributed by atoms with Crippen LogP contribution in [0.2, 0.25) is 10.0 Å². The highest BCUT2D eigenvalue weighted by Crippen LogP contribution is 2.58. The molecule has 4 N–H and O–H groups in total. The van der Waals surface area contributed by atoms with Crippen molar-refractivity contribution >= 4 is 52.4 Å². The Balaban J connectivity index is 1.50. The van der Waals surface area contributed by atoms with E-state index in [0.29, 0.717) is 40.9 Å². The number of fused-ring (bicyclic) bond motifs is 2. The fourth-order valence-corrected chi connectivity index (χ4v) is 7.99. The standard InChI is InChI=1S/C38H38Cl2N4O6/c1-37(2,3)17-31-38(20-44(29-14-11-23(39)16-26(29)38)19-24-12-9-22(18-41-24)36(48)49)32(25-7-5-6-8-27(25)40)33(43-31)34(45)42-28-13-10-21(35(46)47)15-30(28)50-4/h5-16,18,31-33,43H,17,19-20H2,1-4H3,(H,42,45)(H,46,47)(H,48,49)/t31-,32-,33+,38-/m0/s1. The molecule has 260 valence electrons. The molecule has 0 saturated carbocycles. The first-order valence-electron chi connectivity index (χ1n) is 16.2. The lowest BCUT2D eigenvalue weighted by Crippen LogP contribution is -2.48. The van der Waals surface area contributed by atoms with E-state index in [1.54, 1.807) is 12.1 Å². The van der Waals surface area contributed by atoms with Crippen LogP contribution in [-0.4, -0.2) is 58.8 Å². The topological polar surface area (TPSA) is 141 Å². The fraction of sp³-hybridized carbons (Fsp3) is 0.316. The van der Waals surface area contributed by atoms with Gasteiger partial charge in [0.05, 0.1) is 42.2 Å². The highest BCUT2D eigenvalue weighted by atomic mass is 35.5. The number of hydrogen-bond donors (Lipinski definition) is 4. The maximum Gasteiger partial charge on any atom is 0.337 e. The van der Waals surface area contributed by atoms with Crippen LogP contribution in [0.3, 0.4) is 0 Å². The number of carboxylic acid groups (broad SMARTS) is 2. The van der Waals surface area contributed by atoms with E-state index in [1.165, 1.54) is 31.5 Å². The third kappa shape index (κ3) is 6.63. The number of carboxylic acids is 2. The van der Waals surface area contributed by atoms with Crippen molar-refractivity contribution in [1.82, 2.24) is 10.3 Å². The molecule has 6 rings (SSSR count). The molecule has 0 unspecified atom stereocenters. The van der Waals surface area contributed by atoms with Crippen LogP contribution < -0.4 is 20.3 Å². The van der Waals surface area contributed by atoms with Crippen LogP contribution in [0.5, 0.6) is 5.75 Å². The van der Waals surface area contributed by atoms with E-state index in [-0.39, 0.29) is 34.2 Å². The van der Waals surface area contributed by atoms with E-state index in [2.05, 4.69) is 41.3 Å². The zero-order valence-electron chi connectivity index (χ0n) is 28.0. The number of carbonyl (C=O) groups excluding carboxylic acids is 1. The van der Waals surface area contributed by atoms with E-state index < -0.39 is 29.3 Å². The van der Waals surface area contributed by atoms with Gasteiger partial charge in [0.2, 0.25) is 5.91 Å². The largest absolute Gasteiger partial charge is 0.495 e. The lowest BCUT2D eigenvalue weighted by atomic mass is 9.63. The summed E-state index contributed by atoms with van der Waals surface area (Å²) in [4.78, 5) is 44.4. The summed E-state index contributed by atoms with van der Waals surface area (Å²) in [5, 5.41) is 26.8. The molecule has 3 heterocycles. The second-order valence-electron chi connectivity index (χ2n) is 14.1. The Hall–Kier alpha value is -4.64. The zero-order chi connectivity index (χ0) is 36.0. The monoisotopic (exact) mass is 716 g/mol. The Morgan fingerprint density at radius 1 is 1.00 bits per heavy atom. The Morgan fingerprint density at radius 2 is 1.72 bits per heavy atom. The van der Waals surface area contributed by atoms with Gasteiger partial charge in [-0.05, 0) is 77.6 Å². The number of methoxy groups -OCH3 is 1. The summed E-state index contributed by atoms with van der Waals surface area (Å²) in [7, 11) is 1.42. The Bertz CT molecular complexity index is 1960. The SMILES string of the molecule is COc1cc(C(=O)O)ccc1NC(=O)[C@@H]1N[C@@H](CC(C)(C)C)[C@@]2(CN(Cc3ccc(C(=O)O)cn3)c3ccc(Cl)cc32)[C@H]1c1ccccc1Cl. The van der Waals surface area contributed by atoms with Crippen LogP contribution in [0.4, 0.5) is 11.4 Å². The number of ether oxygens (including phenoxy) is 1. The van der Waals surface area contributed by atoms with E-state index in [0.717, 1.165) is 16.8 Å². The van der Waals surface area contributed by atoms with Crippen LogP contribution in [0, 0.1) is 5.41 Å². The molecule has 10 nitrogen and oxygen atoms in total. The van der Waals surface area contributed by atoms with Crippen molar-refractivity contribution in [3.8, 4) is 5.75 Å². The van der Waals surface area contributed by atoms with Crippen LogP contribution in [0.25, 0.3) is 0 Å².